The zero-order valence-corrected chi connectivity index (χ0v) is 18.4. The maximum absolute atomic E-state index is 12.5. The van der Waals surface area contributed by atoms with Gasteiger partial charge in [-0.05, 0) is 37.1 Å². The Bertz CT molecular complexity index is 749. The van der Waals surface area contributed by atoms with Crippen molar-refractivity contribution in [1.29, 1.82) is 0 Å². The average Bonchev–Trinajstić information content (AvgIpc) is 2.70. The van der Waals surface area contributed by atoms with Crippen LogP contribution in [0, 0.1) is 0 Å². The molecule has 0 saturated carbocycles. The number of urea groups is 1. The van der Waals surface area contributed by atoms with E-state index in [4.69, 9.17) is 0 Å². The van der Waals surface area contributed by atoms with Crippen molar-refractivity contribution in [3.63, 3.8) is 0 Å². The van der Waals surface area contributed by atoms with Crippen molar-refractivity contribution in [3.05, 3.63) is 24.3 Å². The molecule has 1 aromatic carbocycles. The Kier molecular flexibility index (Phi) is 8.00. The molecule has 2 heterocycles. The third-order valence-corrected chi connectivity index (χ3v) is 5.91. The van der Waals surface area contributed by atoms with Crippen LogP contribution < -0.4 is 15.4 Å². The van der Waals surface area contributed by atoms with Gasteiger partial charge in [0, 0.05) is 67.1 Å². The Morgan fingerprint density at radius 2 is 1.65 bits per heavy atom. The van der Waals surface area contributed by atoms with E-state index in [1.54, 1.807) is 0 Å². The lowest BCUT2D eigenvalue weighted by Crippen LogP contribution is -2.51. The summed E-state index contributed by atoms with van der Waals surface area (Å²) in [6.07, 6.45) is -3.47. The third-order valence-electron chi connectivity index (χ3n) is 5.21. The molecule has 31 heavy (non-hydrogen) atoms. The maximum Gasteiger partial charge on any atom is 0.573 e. The minimum Gasteiger partial charge on any atom is -0.406 e. The second kappa shape index (κ2) is 10.5. The van der Waals surface area contributed by atoms with Gasteiger partial charge in [-0.25, -0.2) is 8.72 Å². The van der Waals surface area contributed by atoms with Gasteiger partial charge in [0.25, 0.3) is 0 Å². The summed E-state index contributed by atoms with van der Waals surface area (Å²) < 4.78 is 42.4. The number of halogens is 4. The number of nitrogens with zero attached hydrogens (tertiary/aromatic N) is 3. The Labute approximate surface area is 187 Å². The molecule has 0 atom stereocenters. The molecule has 3 rings (SSSR count). The number of nitrogens with one attached hydrogen (secondary N) is 2. The number of hydrogen-bond donors (Lipinski definition) is 2. The van der Waals surface area contributed by atoms with E-state index in [2.05, 4.69) is 40.3 Å². The molecule has 0 spiro atoms. The van der Waals surface area contributed by atoms with E-state index in [1.807, 2.05) is 4.90 Å². The molecule has 2 N–H and O–H groups in total. The van der Waals surface area contributed by atoms with Crippen molar-refractivity contribution in [2.24, 2.45) is 0 Å². The van der Waals surface area contributed by atoms with Crippen LogP contribution >= 0.6 is 16.1 Å². The van der Waals surface area contributed by atoms with Gasteiger partial charge in [-0.2, -0.15) is 0 Å². The molecular weight excluding hydrogens is 483 g/mol. The number of anilines is 1. The first-order valence-electron chi connectivity index (χ1n) is 10.0. The van der Waals surface area contributed by atoms with Crippen LogP contribution in [0.3, 0.4) is 0 Å². The number of ether oxygens (including phenoxy) is 1. The smallest absolute Gasteiger partial charge is 0.406 e. The molecule has 0 radical (unpaired) electrons. The van der Waals surface area contributed by atoms with Crippen molar-refractivity contribution in [2.45, 2.75) is 25.2 Å². The Morgan fingerprint density at radius 1 is 1.03 bits per heavy atom. The number of carbonyl (C=O) groups excluding carboxylic acids is 2. The van der Waals surface area contributed by atoms with Crippen LogP contribution in [0.5, 0.6) is 5.75 Å². The van der Waals surface area contributed by atoms with Crippen molar-refractivity contribution in [1.82, 2.24) is 19.0 Å². The van der Waals surface area contributed by atoms with Crippen LogP contribution in [-0.4, -0.2) is 83.9 Å². The molecule has 3 amide bonds. The predicted octanol–water partition coefficient (Wildman–Crippen LogP) is 2.63. The van der Waals surface area contributed by atoms with Crippen LogP contribution in [0.15, 0.2) is 24.3 Å². The zero-order valence-electron chi connectivity index (χ0n) is 16.8. The molecular formula is C19H25BrF3N5O3. The first-order chi connectivity index (χ1) is 14.7. The summed E-state index contributed by atoms with van der Waals surface area (Å²) >= 11 is 3.44. The van der Waals surface area contributed by atoms with E-state index in [1.165, 1.54) is 12.1 Å². The van der Waals surface area contributed by atoms with E-state index in [-0.39, 0.29) is 17.7 Å². The third kappa shape index (κ3) is 7.86. The molecule has 2 aliphatic rings. The van der Waals surface area contributed by atoms with Gasteiger partial charge in [-0.3, -0.25) is 9.69 Å². The standard InChI is InChI=1S/C19H25BrF3N5O3/c20-28-11-9-26(10-12-28)13-17(29)27-7-5-15(6-8-27)25-18(30)24-14-1-3-16(4-2-14)31-19(21,22)23/h1-4,15H,5-13H2,(H2,24,25,30). The molecule has 2 aliphatic heterocycles. The summed E-state index contributed by atoms with van der Waals surface area (Å²) in [5.74, 6) is -0.253. The monoisotopic (exact) mass is 507 g/mol. The number of alkyl halides is 3. The van der Waals surface area contributed by atoms with Gasteiger partial charge in [0.2, 0.25) is 5.91 Å². The fourth-order valence-electron chi connectivity index (χ4n) is 3.54. The number of carbonyl (C=O) groups is 2. The van der Waals surface area contributed by atoms with Gasteiger partial charge in [0.15, 0.2) is 0 Å². The Hall–Kier alpha value is -2.05. The van der Waals surface area contributed by atoms with Crippen molar-refractivity contribution >= 4 is 33.8 Å². The molecule has 0 unspecified atom stereocenters. The molecule has 2 fully saturated rings. The quantitative estimate of drug-likeness (QED) is 0.599. The van der Waals surface area contributed by atoms with E-state index in [0.29, 0.717) is 38.2 Å². The number of benzene rings is 1. The number of piperidine rings is 1. The average molecular weight is 508 g/mol. The first kappa shape index (κ1) is 23.6. The topological polar surface area (TPSA) is 77.1 Å². The van der Waals surface area contributed by atoms with Crippen LogP contribution in [-0.2, 0) is 4.79 Å². The number of rotatable bonds is 5. The maximum atomic E-state index is 12.5. The lowest BCUT2D eigenvalue weighted by molar-refractivity contribution is -0.274. The summed E-state index contributed by atoms with van der Waals surface area (Å²) in [7, 11) is 0. The lowest BCUT2D eigenvalue weighted by atomic mass is 10.1. The second-order valence-electron chi connectivity index (χ2n) is 7.51. The van der Waals surface area contributed by atoms with Crippen molar-refractivity contribution < 1.29 is 27.5 Å². The minimum atomic E-state index is -4.76. The Morgan fingerprint density at radius 3 is 2.23 bits per heavy atom. The van der Waals surface area contributed by atoms with Gasteiger partial charge in [0.1, 0.15) is 5.75 Å². The SMILES string of the molecule is O=C(Nc1ccc(OC(F)(F)F)cc1)NC1CCN(C(=O)CN2CCN(Br)CC2)CC1. The number of likely N-dealkylation sites (tertiary alicyclic amines) is 1. The van der Waals surface area contributed by atoms with E-state index in [0.717, 1.165) is 38.3 Å². The molecule has 0 aliphatic carbocycles. The molecule has 1 aromatic rings. The van der Waals surface area contributed by atoms with Crippen LogP contribution in [0.1, 0.15) is 12.8 Å². The van der Waals surface area contributed by atoms with Gasteiger partial charge in [0.05, 0.1) is 6.54 Å². The molecule has 2 saturated heterocycles. The minimum absolute atomic E-state index is 0.0752. The van der Waals surface area contributed by atoms with Gasteiger partial charge < -0.3 is 20.3 Å². The van der Waals surface area contributed by atoms with E-state index < -0.39 is 12.4 Å². The summed E-state index contributed by atoms with van der Waals surface area (Å²) in [6.45, 7) is 5.01. The second-order valence-corrected chi connectivity index (χ2v) is 8.51. The highest BCUT2D eigenvalue weighted by Crippen LogP contribution is 2.24. The number of hydrogen-bond acceptors (Lipinski definition) is 5. The van der Waals surface area contributed by atoms with Gasteiger partial charge in [-0.1, -0.05) is 0 Å². The van der Waals surface area contributed by atoms with E-state index in [9.17, 15) is 22.8 Å². The Balaban J connectivity index is 1.37. The van der Waals surface area contributed by atoms with Crippen LogP contribution in [0.2, 0.25) is 0 Å². The van der Waals surface area contributed by atoms with Crippen molar-refractivity contribution in [3.8, 4) is 5.75 Å². The molecule has 12 heteroatoms. The molecule has 172 valence electrons. The summed E-state index contributed by atoms with van der Waals surface area (Å²) in [4.78, 5) is 28.7. The van der Waals surface area contributed by atoms with E-state index >= 15 is 0 Å². The predicted molar refractivity (Wildman–Crippen MR) is 112 cm³/mol. The lowest BCUT2D eigenvalue weighted by Gasteiger charge is -2.35. The normalized spacial score (nSPS) is 19.2. The highest BCUT2D eigenvalue weighted by atomic mass is 79.9. The van der Waals surface area contributed by atoms with Gasteiger partial charge in [-0.15, -0.1) is 13.2 Å². The fourth-order valence-corrected chi connectivity index (χ4v) is 3.86. The summed E-state index contributed by atoms with van der Waals surface area (Å²) in [5.41, 5.74) is 0.350. The summed E-state index contributed by atoms with van der Waals surface area (Å²) in [5, 5.41) is 5.43. The van der Waals surface area contributed by atoms with Gasteiger partial charge >= 0.3 is 12.4 Å². The zero-order chi connectivity index (χ0) is 22.4. The van der Waals surface area contributed by atoms with Crippen LogP contribution in [0.25, 0.3) is 0 Å². The largest absolute Gasteiger partial charge is 0.573 e. The molecule has 0 aromatic heterocycles. The highest BCUT2D eigenvalue weighted by Gasteiger charge is 2.31. The van der Waals surface area contributed by atoms with Crippen LogP contribution in [0.4, 0.5) is 23.7 Å². The van der Waals surface area contributed by atoms with Crippen molar-refractivity contribution in [2.75, 3.05) is 51.1 Å². The number of piperazine rings is 1. The molecule has 0 bridgehead atoms. The summed E-state index contributed by atoms with van der Waals surface area (Å²) in [6, 6.07) is 4.40. The number of amides is 3. The highest BCUT2D eigenvalue weighted by molar-refractivity contribution is 9.07. The fraction of sp³-hybridized carbons (Fsp3) is 0.579. The first-order valence-corrected chi connectivity index (χ1v) is 10.7. The molecule has 8 nitrogen and oxygen atoms in total.